The number of nitrogens with one attached hydrogen (secondary N) is 1. The minimum absolute atomic E-state index is 0.137. The van der Waals surface area contributed by atoms with Crippen LogP contribution in [0.1, 0.15) is 50.8 Å². The van der Waals surface area contributed by atoms with Crippen molar-refractivity contribution in [2.45, 2.75) is 45.3 Å². The van der Waals surface area contributed by atoms with E-state index in [0.717, 1.165) is 22.3 Å². The highest BCUT2D eigenvalue weighted by atomic mass is 16.6. The number of ether oxygens (including phenoxy) is 1. The number of aromatic nitrogens is 1. The van der Waals surface area contributed by atoms with E-state index in [1.54, 1.807) is 17.2 Å². The summed E-state index contributed by atoms with van der Waals surface area (Å²) in [5.41, 5.74) is 2.21. The molecule has 1 unspecified atom stereocenters. The molecular weight excluding hydrogens is 426 g/mol. The summed E-state index contributed by atoms with van der Waals surface area (Å²) in [5.74, 6) is 0. The Morgan fingerprint density at radius 3 is 2.32 bits per heavy atom. The van der Waals surface area contributed by atoms with E-state index in [4.69, 9.17) is 4.74 Å². The van der Waals surface area contributed by atoms with E-state index in [2.05, 4.69) is 11.1 Å². The maximum absolute atomic E-state index is 13.3. The van der Waals surface area contributed by atoms with Gasteiger partial charge in [0.25, 0.3) is 0 Å². The summed E-state index contributed by atoms with van der Waals surface area (Å²) in [5, 5.41) is 9.64. The molecular formula is C28H29N3O3. The molecule has 0 saturated carbocycles. The number of amides is 1. The molecule has 1 N–H and O–H groups in total. The highest BCUT2D eigenvalue weighted by Gasteiger charge is 2.46. The summed E-state index contributed by atoms with van der Waals surface area (Å²) in [6.07, 6.45) is 2.35. The van der Waals surface area contributed by atoms with E-state index in [1.807, 2.05) is 75.4 Å². The number of carbonyl (C=O) groups is 1. The maximum Gasteiger partial charge on any atom is 0.411 e. The van der Waals surface area contributed by atoms with Crippen molar-refractivity contribution in [2.75, 3.05) is 6.54 Å². The number of aromatic amines is 1. The van der Waals surface area contributed by atoms with Crippen molar-refractivity contribution in [1.82, 2.24) is 9.88 Å². The smallest absolute Gasteiger partial charge is 0.411 e. The number of hydrogen-bond donors (Lipinski definition) is 1. The SMILES string of the molecule is CC(c1ccc(-c2ccc(=O)[nH]c2)cc1)N1CC[C@](CC(C)(C)C#N)(c2ccccc2)OC1=O. The van der Waals surface area contributed by atoms with Gasteiger partial charge in [-0.1, -0.05) is 54.6 Å². The summed E-state index contributed by atoms with van der Waals surface area (Å²) in [6, 6.07) is 23.2. The topological polar surface area (TPSA) is 86.2 Å². The molecule has 0 radical (unpaired) electrons. The van der Waals surface area contributed by atoms with Crippen LogP contribution in [0.5, 0.6) is 0 Å². The Morgan fingerprint density at radius 2 is 1.74 bits per heavy atom. The van der Waals surface area contributed by atoms with Crippen molar-refractivity contribution < 1.29 is 9.53 Å². The summed E-state index contributed by atoms with van der Waals surface area (Å²) in [4.78, 5) is 29.0. The van der Waals surface area contributed by atoms with Crippen LogP contribution in [0.25, 0.3) is 11.1 Å². The molecule has 6 nitrogen and oxygen atoms in total. The molecule has 0 spiro atoms. The van der Waals surface area contributed by atoms with Crippen LogP contribution in [0, 0.1) is 16.7 Å². The van der Waals surface area contributed by atoms with Crippen LogP contribution in [0.2, 0.25) is 0 Å². The number of rotatable bonds is 6. The zero-order valence-electron chi connectivity index (χ0n) is 19.7. The van der Waals surface area contributed by atoms with E-state index in [-0.39, 0.29) is 17.7 Å². The number of cyclic esters (lactones) is 1. The lowest BCUT2D eigenvalue weighted by Crippen LogP contribution is -2.50. The van der Waals surface area contributed by atoms with Gasteiger partial charge in [0.2, 0.25) is 5.56 Å². The van der Waals surface area contributed by atoms with Gasteiger partial charge < -0.3 is 14.6 Å². The lowest BCUT2D eigenvalue weighted by molar-refractivity contribution is -0.0770. The Balaban J connectivity index is 1.55. The Hall–Kier alpha value is -3.85. The van der Waals surface area contributed by atoms with Crippen LogP contribution in [0.15, 0.2) is 77.7 Å². The lowest BCUT2D eigenvalue weighted by Gasteiger charge is -2.45. The third-order valence-electron chi connectivity index (χ3n) is 6.58. The fourth-order valence-electron chi connectivity index (χ4n) is 4.67. The van der Waals surface area contributed by atoms with E-state index >= 15 is 0 Å². The lowest BCUT2D eigenvalue weighted by atomic mass is 9.75. The number of pyridine rings is 1. The van der Waals surface area contributed by atoms with Gasteiger partial charge in [0, 0.05) is 31.6 Å². The zero-order chi connectivity index (χ0) is 24.3. The number of nitrogens with zero attached hydrogens (tertiary/aromatic N) is 2. The summed E-state index contributed by atoms with van der Waals surface area (Å²) in [7, 11) is 0. The fourth-order valence-corrected chi connectivity index (χ4v) is 4.67. The Labute approximate surface area is 199 Å². The van der Waals surface area contributed by atoms with Crippen molar-refractivity contribution in [2.24, 2.45) is 5.41 Å². The molecule has 2 atom stereocenters. The average Bonchev–Trinajstić information content (AvgIpc) is 2.85. The Kier molecular flexibility index (Phi) is 6.30. The first-order valence-corrected chi connectivity index (χ1v) is 11.5. The van der Waals surface area contributed by atoms with Gasteiger partial charge >= 0.3 is 6.09 Å². The molecule has 1 aromatic heterocycles. The quantitative estimate of drug-likeness (QED) is 0.510. The number of benzene rings is 2. The Morgan fingerprint density at radius 1 is 1.06 bits per heavy atom. The van der Waals surface area contributed by atoms with Gasteiger partial charge in [0.15, 0.2) is 0 Å². The second-order valence-electron chi connectivity index (χ2n) is 9.58. The molecule has 3 aromatic rings. The predicted molar refractivity (Wildman–Crippen MR) is 131 cm³/mol. The number of H-pyrrole nitrogens is 1. The maximum atomic E-state index is 13.3. The van der Waals surface area contributed by atoms with Crippen LogP contribution < -0.4 is 5.56 Å². The van der Waals surface area contributed by atoms with Gasteiger partial charge in [-0.3, -0.25) is 4.79 Å². The van der Waals surface area contributed by atoms with Gasteiger partial charge in [-0.15, -0.1) is 0 Å². The highest BCUT2D eigenvalue weighted by Crippen LogP contribution is 2.44. The minimum Gasteiger partial charge on any atom is -0.438 e. The van der Waals surface area contributed by atoms with Crippen molar-refractivity contribution in [1.29, 1.82) is 5.26 Å². The molecule has 1 amide bonds. The minimum atomic E-state index is -0.831. The molecule has 6 heteroatoms. The second-order valence-corrected chi connectivity index (χ2v) is 9.58. The Bertz CT molecular complexity index is 1240. The van der Waals surface area contributed by atoms with E-state index in [9.17, 15) is 14.9 Å². The molecule has 1 fully saturated rings. The molecule has 1 saturated heterocycles. The third kappa shape index (κ3) is 4.74. The summed E-state index contributed by atoms with van der Waals surface area (Å²) in [6.45, 7) is 6.28. The van der Waals surface area contributed by atoms with Crippen molar-refractivity contribution in [3.63, 3.8) is 0 Å². The van der Waals surface area contributed by atoms with Gasteiger partial charge in [0.1, 0.15) is 5.60 Å². The first-order chi connectivity index (χ1) is 16.2. The molecule has 174 valence electrons. The van der Waals surface area contributed by atoms with E-state index in [0.29, 0.717) is 19.4 Å². The molecule has 4 rings (SSSR count). The molecule has 1 aliphatic heterocycles. The molecule has 2 heterocycles. The third-order valence-corrected chi connectivity index (χ3v) is 6.58. The standard InChI is InChI=1S/C28H29N3O3/c1-20(21-9-11-22(12-10-21)23-13-14-25(32)30-17-23)31-16-15-28(34-26(31)33,18-27(2,3)19-29)24-7-5-4-6-8-24/h4-14,17,20H,15-16,18H2,1-3H3,(H,30,32)/t20?,28-/m0/s1. The number of hydrogen-bond acceptors (Lipinski definition) is 4. The highest BCUT2D eigenvalue weighted by molar-refractivity contribution is 5.70. The average molecular weight is 456 g/mol. The zero-order valence-corrected chi connectivity index (χ0v) is 19.7. The van der Waals surface area contributed by atoms with Crippen LogP contribution in [-0.4, -0.2) is 22.5 Å². The summed E-state index contributed by atoms with van der Waals surface area (Å²) < 4.78 is 6.16. The summed E-state index contributed by atoms with van der Waals surface area (Å²) >= 11 is 0. The van der Waals surface area contributed by atoms with Crippen LogP contribution in [0.4, 0.5) is 4.79 Å². The first kappa shape index (κ1) is 23.3. The molecule has 1 aliphatic rings. The van der Waals surface area contributed by atoms with E-state index < -0.39 is 11.0 Å². The number of carbonyl (C=O) groups excluding carboxylic acids is 1. The second kappa shape index (κ2) is 9.18. The van der Waals surface area contributed by atoms with Gasteiger partial charge in [-0.25, -0.2) is 4.79 Å². The largest absolute Gasteiger partial charge is 0.438 e. The van der Waals surface area contributed by atoms with Gasteiger partial charge in [-0.2, -0.15) is 5.26 Å². The van der Waals surface area contributed by atoms with Crippen molar-refractivity contribution in [3.05, 3.63) is 94.4 Å². The van der Waals surface area contributed by atoms with Crippen LogP contribution in [-0.2, 0) is 10.3 Å². The van der Waals surface area contributed by atoms with Gasteiger partial charge in [-0.05, 0) is 49.1 Å². The monoisotopic (exact) mass is 455 g/mol. The van der Waals surface area contributed by atoms with Crippen molar-refractivity contribution >= 4 is 6.09 Å². The first-order valence-electron chi connectivity index (χ1n) is 11.5. The molecule has 0 aliphatic carbocycles. The molecule has 0 bridgehead atoms. The normalized spacial score (nSPS) is 19.2. The van der Waals surface area contributed by atoms with Crippen LogP contribution >= 0.6 is 0 Å². The van der Waals surface area contributed by atoms with Gasteiger partial charge in [0.05, 0.1) is 17.5 Å². The molecule has 2 aromatic carbocycles. The van der Waals surface area contributed by atoms with Crippen LogP contribution in [0.3, 0.4) is 0 Å². The van der Waals surface area contributed by atoms with E-state index in [1.165, 1.54) is 6.07 Å². The number of nitriles is 1. The molecule has 34 heavy (non-hydrogen) atoms. The fraction of sp³-hybridized carbons (Fsp3) is 0.321. The van der Waals surface area contributed by atoms with Crippen molar-refractivity contribution in [3.8, 4) is 17.2 Å². The predicted octanol–water partition coefficient (Wildman–Crippen LogP) is 5.78.